The minimum Gasteiger partial charge on any atom is -0.456 e. The van der Waals surface area contributed by atoms with E-state index in [1.54, 1.807) is 0 Å². The number of furan rings is 2. The molecule has 0 amide bonds. The van der Waals surface area contributed by atoms with Crippen LogP contribution in [0.4, 0.5) is 17.1 Å². The van der Waals surface area contributed by atoms with E-state index in [9.17, 15) is 0 Å². The highest BCUT2D eigenvalue weighted by atomic mass is 16.3. The lowest BCUT2D eigenvalue weighted by Crippen LogP contribution is -2.16. The van der Waals surface area contributed by atoms with Crippen molar-refractivity contribution in [1.82, 2.24) is 0 Å². The standard InChI is InChI=1S/C53H47NO2/c1-51(2,3)34-29-39-49-46(56-50(39)42(30-34)52(4,5)6)28-27-41-47(49)38-31-36(25-26-40(38)53(41,7)8)54(35-23-21-33(22-24-35)32-15-10-9-11-16-32)43-18-14-20-45-48(43)37-17-12-13-19-44(37)55-45/h9-31H,1-8H3/i9D,10D,11D,15D,16D. The molecule has 0 aliphatic heterocycles. The fraction of sp³-hybridized carbons (Fsp3) is 0.208. The van der Waals surface area contributed by atoms with E-state index in [-0.39, 0.29) is 46.0 Å². The van der Waals surface area contributed by atoms with Crippen LogP contribution in [0.2, 0.25) is 0 Å². The molecular formula is C53H47NO2. The molecular weight excluding hydrogens is 683 g/mol. The summed E-state index contributed by atoms with van der Waals surface area (Å²) in [5.74, 6) is 0. The molecule has 276 valence electrons. The second kappa shape index (κ2) is 12.0. The van der Waals surface area contributed by atoms with Gasteiger partial charge < -0.3 is 13.7 Å². The summed E-state index contributed by atoms with van der Waals surface area (Å²) in [5.41, 5.74) is 13.6. The van der Waals surface area contributed by atoms with E-state index >= 15 is 0 Å². The molecule has 0 fully saturated rings. The van der Waals surface area contributed by atoms with Gasteiger partial charge in [0, 0.05) is 38.5 Å². The first-order valence-electron chi connectivity index (χ1n) is 21.9. The van der Waals surface area contributed by atoms with Crippen LogP contribution < -0.4 is 4.90 Å². The third kappa shape index (κ3) is 5.17. The Balaban J connectivity index is 1.24. The van der Waals surface area contributed by atoms with Crippen LogP contribution >= 0.6 is 0 Å². The van der Waals surface area contributed by atoms with Gasteiger partial charge in [-0.1, -0.05) is 140 Å². The van der Waals surface area contributed by atoms with Crippen molar-refractivity contribution in [2.45, 2.75) is 71.6 Å². The first-order chi connectivity index (χ1) is 28.9. The fourth-order valence-corrected chi connectivity index (χ4v) is 8.87. The second-order valence-corrected chi connectivity index (χ2v) is 17.8. The van der Waals surface area contributed by atoms with Gasteiger partial charge in [0.25, 0.3) is 0 Å². The van der Waals surface area contributed by atoms with Crippen molar-refractivity contribution in [2.24, 2.45) is 0 Å². The maximum absolute atomic E-state index is 8.67. The minimum absolute atomic E-state index is 0.0725. The number of nitrogens with zero attached hydrogens (tertiary/aromatic N) is 1. The Morgan fingerprint density at radius 1 is 0.571 bits per heavy atom. The molecule has 2 heterocycles. The number of hydrogen-bond donors (Lipinski definition) is 0. The van der Waals surface area contributed by atoms with Crippen LogP contribution in [0.5, 0.6) is 0 Å². The van der Waals surface area contributed by atoms with Gasteiger partial charge in [-0.2, -0.15) is 0 Å². The number of rotatable bonds is 4. The largest absolute Gasteiger partial charge is 0.456 e. The maximum atomic E-state index is 8.67. The zero-order valence-electron chi connectivity index (χ0n) is 38.2. The summed E-state index contributed by atoms with van der Waals surface area (Å²) >= 11 is 0. The van der Waals surface area contributed by atoms with Gasteiger partial charge in [-0.05, 0) is 104 Å². The Morgan fingerprint density at radius 2 is 1.27 bits per heavy atom. The molecule has 1 aliphatic carbocycles. The van der Waals surface area contributed by atoms with Crippen molar-refractivity contribution in [3.05, 3.63) is 162 Å². The summed E-state index contributed by atoms with van der Waals surface area (Å²) in [6.45, 7) is 18.2. The highest BCUT2D eigenvalue weighted by molar-refractivity contribution is 6.17. The van der Waals surface area contributed by atoms with Gasteiger partial charge in [-0.15, -0.1) is 0 Å². The van der Waals surface area contributed by atoms with Gasteiger partial charge in [-0.3, -0.25) is 0 Å². The molecule has 0 saturated heterocycles. The third-order valence-corrected chi connectivity index (χ3v) is 11.8. The lowest BCUT2D eigenvalue weighted by atomic mass is 9.79. The SMILES string of the molecule is [2H]c1c([2H])c([2H])c(-c2ccc(N(c3ccc4c(c3)-c3c(ccc5oc6c(C(C)(C)C)cc(C(C)(C)C)cc6c35)C4(C)C)c3cccc4oc5ccccc5c34)cc2)c([2H])c1[2H]. The molecule has 0 bridgehead atoms. The maximum Gasteiger partial charge on any atom is 0.139 e. The molecule has 0 saturated carbocycles. The topological polar surface area (TPSA) is 29.5 Å². The summed E-state index contributed by atoms with van der Waals surface area (Å²) < 4.78 is 55.4. The molecule has 0 radical (unpaired) electrons. The van der Waals surface area contributed by atoms with E-state index in [0.29, 0.717) is 5.56 Å². The lowest BCUT2D eigenvalue weighted by molar-refractivity contribution is 0.559. The van der Waals surface area contributed by atoms with E-state index in [4.69, 9.17) is 15.7 Å². The Bertz CT molecular complexity index is 3280. The zero-order chi connectivity index (χ0) is 43.1. The van der Waals surface area contributed by atoms with Crippen molar-refractivity contribution in [3.8, 4) is 22.3 Å². The summed E-state index contributed by atoms with van der Waals surface area (Å²) in [5, 5.41) is 4.23. The fourth-order valence-electron chi connectivity index (χ4n) is 8.87. The van der Waals surface area contributed by atoms with Crippen molar-refractivity contribution in [3.63, 3.8) is 0 Å². The molecule has 3 heteroatoms. The van der Waals surface area contributed by atoms with Crippen LogP contribution in [0, 0.1) is 0 Å². The normalized spacial score (nSPS) is 15.1. The third-order valence-electron chi connectivity index (χ3n) is 11.8. The smallest absolute Gasteiger partial charge is 0.139 e. The van der Waals surface area contributed by atoms with Crippen LogP contribution in [0.1, 0.15) is 84.5 Å². The van der Waals surface area contributed by atoms with Crippen molar-refractivity contribution in [1.29, 1.82) is 0 Å². The van der Waals surface area contributed by atoms with Crippen LogP contribution in [0.3, 0.4) is 0 Å². The van der Waals surface area contributed by atoms with Gasteiger partial charge in [-0.25, -0.2) is 0 Å². The molecule has 1 aliphatic rings. The highest BCUT2D eigenvalue weighted by Crippen LogP contribution is 2.55. The van der Waals surface area contributed by atoms with E-state index in [2.05, 4.69) is 115 Å². The molecule has 9 aromatic rings. The van der Waals surface area contributed by atoms with E-state index in [1.165, 1.54) is 27.8 Å². The summed E-state index contributed by atoms with van der Waals surface area (Å²) in [6.07, 6.45) is 0. The Morgan fingerprint density at radius 3 is 2.02 bits per heavy atom. The van der Waals surface area contributed by atoms with Crippen molar-refractivity contribution < 1.29 is 15.7 Å². The quantitative estimate of drug-likeness (QED) is 0.180. The lowest BCUT2D eigenvalue weighted by Gasteiger charge is -2.28. The Labute approximate surface area is 336 Å². The van der Waals surface area contributed by atoms with Crippen LogP contribution in [0.15, 0.2) is 148 Å². The molecule has 0 unspecified atom stereocenters. The molecule has 0 N–H and O–H groups in total. The average Bonchev–Trinajstić information content (AvgIpc) is 3.86. The van der Waals surface area contributed by atoms with E-state index < -0.39 is 6.04 Å². The van der Waals surface area contributed by atoms with Crippen LogP contribution in [0.25, 0.3) is 66.1 Å². The molecule has 0 atom stereocenters. The number of benzene rings is 7. The van der Waals surface area contributed by atoms with Crippen LogP contribution in [-0.2, 0) is 16.2 Å². The van der Waals surface area contributed by atoms with Gasteiger partial charge in [0.1, 0.15) is 22.3 Å². The molecule has 7 aromatic carbocycles. The second-order valence-electron chi connectivity index (χ2n) is 17.8. The van der Waals surface area contributed by atoms with Gasteiger partial charge in [0.15, 0.2) is 0 Å². The number of hydrogen-bond acceptors (Lipinski definition) is 3. The average molecular weight is 735 g/mol. The first-order valence-corrected chi connectivity index (χ1v) is 19.4. The number of para-hydroxylation sites is 1. The van der Waals surface area contributed by atoms with Gasteiger partial charge in [0.05, 0.1) is 17.9 Å². The predicted molar refractivity (Wildman–Crippen MR) is 236 cm³/mol. The molecule has 0 spiro atoms. The predicted octanol–water partition coefficient (Wildman–Crippen LogP) is 15.5. The molecule has 56 heavy (non-hydrogen) atoms. The summed E-state index contributed by atoms with van der Waals surface area (Å²) in [7, 11) is 0. The summed E-state index contributed by atoms with van der Waals surface area (Å²) in [4.78, 5) is 2.24. The van der Waals surface area contributed by atoms with Gasteiger partial charge >= 0.3 is 0 Å². The number of fused-ring (bicyclic) bond motifs is 10. The first kappa shape index (κ1) is 29.3. The van der Waals surface area contributed by atoms with Crippen LogP contribution in [-0.4, -0.2) is 0 Å². The molecule has 3 nitrogen and oxygen atoms in total. The Hall–Kier alpha value is -6.06. The summed E-state index contributed by atoms with van der Waals surface area (Å²) in [6, 6.07) is 36.1. The minimum atomic E-state index is -0.409. The van der Waals surface area contributed by atoms with Crippen molar-refractivity contribution in [2.75, 3.05) is 4.90 Å². The molecule has 2 aromatic heterocycles. The number of anilines is 3. The highest BCUT2D eigenvalue weighted by Gasteiger charge is 2.39. The monoisotopic (exact) mass is 734 g/mol. The zero-order valence-corrected chi connectivity index (χ0v) is 33.2. The van der Waals surface area contributed by atoms with Crippen molar-refractivity contribution >= 4 is 60.9 Å². The van der Waals surface area contributed by atoms with E-state index in [0.717, 1.165) is 66.5 Å². The Kier molecular flexibility index (Phi) is 6.25. The van der Waals surface area contributed by atoms with Gasteiger partial charge in [0.2, 0.25) is 0 Å². The van der Waals surface area contributed by atoms with E-state index in [1.807, 2.05) is 54.6 Å². The molecule has 10 rings (SSSR count).